The van der Waals surface area contributed by atoms with E-state index < -0.39 is 16.6 Å². The van der Waals surface area contributed by atoms with Crippen LogP contribution >= 0.6 is 11.8 Å². The molecule has 0 aliphatic carbocycles. The van der Waals surface area contributed by atoms with E-state index in [2.05, 4.69) is 109 Å². The Labute approximate surface area is 205 Å². The fraction of sp³-hybridized carbons (Fsp3) is 0.481. The molecule has 4 rings (SSSR count). The summed E-state index contributed by atoms with van der Waals surface area (Å²) in [6.07, 6.45) is 0. The van der Waals surface area contributed by atoms with Crippen molar-refractivity contribution in [1.29, 1.82) is 0 Å². The van der Waals surface area contributed by atoms with Crippen molar-refractivity contribution in [3.05, 3.63) is 42.0 Å². The minimum atomic E-state index is -1.87. The molecule has 178 valence electrons. The summed E-state index contributed by atoms with van der Waals surface area (Å²) in [5.41, 5.74) is 5.06. The van der Waals surface area contributed by atoms with Crippen LogP contribution in [0.15, 0.2) is 41.3 Å². The summed E-state index contributed by atoms with van der Waals surface area (Å²) in [7, 11) is -3.73. The molecule has 0 amide bonds. The van der Waals surface area contributed by atoms with Crippen LogP contribution in [-0.2, 0) is 5.75 Å². The van der Waals surface area contributed by atoms with Crippen molar-refractivity contribution >= 4 is 39.3 Å². The quantitative estimate of drug-likeness (QED) is 0.365. The summed E-state index contributed by atoms with van der Waals surface area (Å²) >= 11 is 1.91. The highest BCUT2D eigenvalue weighted by Gasteiger charge is 2.40. The first-order valence-electron chi connectivity index (χ1n) is 11.9. The summed E-state index contributed by atoms with van der Waals surface area (Å²) in [6.45, 7) is 22.9. The van der Waals surface area contributed by atoms with E-state index in [1.165, 1.54) is 32.6 Å². The minimum Gasteiger partial charge on any atom is -0.543 e. The molecule has 2 aromatic carbocycles. The zero-order valence-electron chi connectivity index (χ0n) is 21.9. The van der Waals surface area contributed by atoms with E-state index in [4.69, 9.17) is 8.85 Å². The number of thioether (sulfide) groups is 1. The van der Waals surface area contributed by atoms with Crippen molar-refractivity contribution in [2.75, 3.05) is 0 Å². The molecule has 6 heteroatoms. The molecular formula is C27H39NO2SSi2. The van der Waals surface area contributed by atoms with Crippen LogP contribution in [0.3, 0.4) is 0 Å². The second-order valence-electron chi connectivity index (χ2n) is 12.4. The van der Waals surface area contributed by atoms with Gasteiger partial charge in [-0.15, -0.1) is 11.8 Å². The molecule has 1 aliphatic heterocycles. The van der Waals surface area contributed by atoms with Crippen LogP contribution in [0.4, 0.5) is 0 Å². The lowest BCUT2D eigenvalue weighted by Crippen LogP contribution is -2.43. The number of nitrogens with one attached hydrogen (secondary N) is 1. The number of H-pyrrole nitrogens is 1. The van der Waals surface area contributed by atoms with Crippen molar-refractivity contribution in [2.24, 2.45) is 0 Å². The predicted octanol–water partition coefficient (Wildman–Crippen LogP) is 9.21. The zero-order valence-corrected chi connectivity index (χ0v) is 24.7. The van der Waals surface area contributed by atoms with E-state index in [0.717, 1.165) is 17.3 Å². The highest BCUT2D eigenvalue weighted by Crippen LogP contribution is 2.47. The number of aromatic nitrogens is 1. The molecule has 3 aromatic rings. The molecule has 2 heterocycles. The molecule has 0 radical (unpaired) electrons. The summed E-state index contributed by atoms with van der Waals surface area (Å²) < 4.78 is 13.2. The van der Waals surface area contributed by atoms with E-state index >= 15 is 0 Å². The molecule has 0 bridgehead atoms. The van der Waals surface area contributed by atoms with Gasteiger partial charge < -0.3 is 13.8 Å². The van der Waals surface area contributed by atoms with Crippen molar-refractivity contribution in [1.82, 2.24) is 4.98 Å². The maximum atomic E-state index is 6.60. The molecule has 0 saturated carbocycles. The van der Waals surface area contributed by atoms with Crippen LogP contribution in [-0.4, -0.2) is 21.6 Å². The number of hydrogen-bond donors (Lipinski definition) is 1. The lowest BCUT2D eigenvalue weighted by Gasteiger charge is -2.36. The van der Waals surface area contributed by atoms with Crippen LogP contribution in [0.25, 0.3) is 22.2 Å². The number of fused-ring (bicyclic) bond motifs is 5. The van der Waals surface area contributed by atoms with Gasteiger partial charge in [0.15, 0.2) is 0 Å². The Bertz CT molecular complexity index is 1200. The highest BCUT2D eigenvalue weighted by atomic mass is 32.2. The predicted molar refractivity (Wildman–Crippen MR) is 149 cm³/mol. The zero-order chi connectivity index (χ0) is 24.4. The average Bonchev–Trinajstić information content (AvgIpc) is 3.03. The van der Waals surface area contributed by atoms with Crippen molar-refractivity contribution in [3.8, 4) is 22.8 Å². The Morgan fingerprint density at radius 2 is 1.33 bits per heavy atom. The molecule has 0 saturated heterocycles. The largest absolute Gasteiger partial charge is 0.543 e. The van der Waals surface area contributed by atoms with Gasteiger partial charge in [0.25, 0.3) is 0 Å². The maximum Gasteiger partial charge on any atom is 0.250 e. The topological polar surface area (TPSA) is 34.2 Å². The molecular weight excluding hydrogens is 459 g/mol. The number of hydrogen-bond acceptors (Lipinski definition) is 3. The van der Waals surface area contributed by atoms with Gasteiger partial charge in [0.2, 0.25) is 16.6 Å². The van der Waals surface area contributed by atoms with Gasteiger partial charge in [-0.25, -0.2) is 0 Å². The summed E-state index contributed by atoms with van der Waals surface area (Å²) in [4.78, 5) is 4.99. The van der Waals surface area contributed by atoms with Gasteiger partial charge in [0, 0.05) is 27.1 Å². The molecule has 0 spiro atoms. The molecule has 3 nitrogen and oxygen atoms in total. The van der Waals surface area contributed by atoms with Crippen molar-refractivity contribution < 1.29 is 8.85 Å². The van der Waals surface area contributed by atoms with Crippen LogP contribution in [0.2, 0.25) is 36.3 Å². The van der Waals surface area contributed by atoms with Crippen molar-refractivity contribution in [3.63, 3.8) is 0 Å². The van der Waals surface area contributed by atoms with Crippen molar-refractivity contribution in [2.45, 2.75) is 88.5 Å². The summed E-state index contributed by atoms with van der Waals surface area (Å²) in [5.74, 6) is 2.94. The molecule has 0 fully saturated rings. The maximum absolute atomic E-state index is 6.60. The van der Waals surface area contributed by atoms with Gasteiger partial charge in [-0.05, 0) is 78.2 Å². The Morgan fingerprint density at radius 1 is 0.788 bits per heavy atom. The van der Waals surface area contributed by atoms with Crippen LogP contribution in [0.1, 0.15) is 47.1 Å². The molecule has 1 aromatic heterocycles. The minimum absolute atomic E-state index is 0.179. The molecule has 0 unspecified atom stereocenters. The third-order valence-corrected chi connectivity index (χ3v) is 17.6. The summed E-state index contributed by atoms with van der Waals surface area (Å²) in [6, 6.07) is 13.1. The van der Waals surface area contributed by atoms with Gasteiger partial charge in [0.05, 0.1) is 5.69 Å². The number of rotatable bonds is 4. The Kier molecular flexibility index (Phi) is 5.90. The third-order valence-electron chi connectivity index (χ3n) is 7.83. The molecule has 0 atom stereocenters. The normalized spacial score (nSPS) is 14.7. The SMILES string of the molecule is CC(C)(C)[Si](C)(C)Oc1ccc2c(c1)SCc1c-2[nH]c2ccc(O[Si](C)(C)C(C)(C)C)cc12. The fourth-order valence-corrected chi connectivity index (χ4v) is 6.78. The van der Waals surface area contributed by atoms with E-state index in [9.17, 15) is 0 Å². The fourth-order valence-electron chi connectivity index (χ4n) is 3.61. The first-order chi connectivity index (χ1) is 15.1. The highest BCUT2D eigenvalue weighted by molar-refractivity contribution is 7.98. The lowest BCUT2D eigenvalue weighted by molar-refractivity contribution is 0.491. The molecule has 33 heavy (non-hydrogen) atoms. The standard InChI is InChI=1S/C27H39NO2SSi2/c1-26(2,3)32(7,8)29-18-12-14-23-21(15-18)22-17-31-24-16-19(11-13-20(24)25(22)28-23)30-33(9,10)27(4,5)6/h11-16,28H,17H2,1-10H3. The first kappa shape index (κ1) is 24.5. The Hall–Kier alpha value is -1.64. The Balaban J connectivity index is 1.68. The molecule has 1 N–H and O–H groups in total. The second kappa shape index (κ2) is 7.96. The van der Waals surface area contributed by atoms with Gasteiger partial charge in [-0.3, -0.25) is 0 Å². The average molecular weight is 498 g/mol. The first-order valence-corrected chi connectivity index (χ1v) is 18.7. The van der Waals surface area contributed by atoms with Crippen LogP contribution < -0.4 is 8.85 Å². The van der Waals surface area contributed by atoms with Gasteiger partial charge in [-0.1, -0.05) is 41.5 Å². The molecule has 1 aliphatic rings. The van der Waals surface area contributed by atoms with Crippen LogP contribution in [0, 0.1) is 0 Å². The van der Waals surface area contributed by atoms with Gasteiger partial charge >= 0.3 is 0 Å². The number of benzene rings is 2. The van der Waals surface area contributed by atoms with E-state index in [1.807, 2.05) is 11.8 Å². The smallest absolute Gasteiger partial charge is 0.250 e. The monoisotopic (exact) mass is 497 g/mol. The van der Waals surface area contributed by atoms with E-state index in [0.29, 0.717) is 0 Å². The summed E-state index contributed by atoms with van der Waals surface area (Å²) in [5, 5.41) is 1.64. The number of aromatic amines is 1. The third kappa shape index (κ3) is 4.54. The van der Waals surface area contributed by atoms with E-state index in [1.54, 1.807) is 0 Å². The lowest BCUT2D eigenvalue weighted by atomic mass is 10.1. The van der Waals surface area contributed by atoms with Crippen LogP contribution in [0.5, 0.6) is 11.5 Å². The van der Waals surface area contributed by atoms with E-state index in [-0.39, 0.29) is 10.1 Å². The van der Waals surface area contributed by atoms with Gasteiger partial charge in [0.1, 0.15) is 11.5 Å². The Morgan fingerprint density at radius 3 is 1.91 bits per heavy atom. The van der Waals surface area contributed by atoms with Gasteiger partial charge in [-0.2, -0.15) is 0 Å². The second-order valence-corrected chi connectivity index (χ2v) is 22.8.